The molecule has 0 radical (unpaired) electrons. The minimum atomic E-state index is 0.930. The lowest BCUT2D eigenvalue weighted by Gasteiger charge is -2.15. The highest BCUT2D eigenvalue weighted by molar-refractivity contribution is 8.13. The summed E-state index contributed by atoms with van der Waals surface area (Å²) in [4.78, 5) is 6.55. The Balaban J connectivity index is 2.45. The largest absolute Gasteiger partial charge is 0.346 e. The van der Waals surface area contributed by atoms with Gasteiger partial charge < -0.3 is 4.90 Å². The van der Waals surface area contributed by atoms with E-state index in [0.717, 1.165) is 24.8 Å². The Labute approximate surface area is 66.0 Å². The van der Waals surface area contributed by atoms with Crippen molar-refractivity contribution in [2.45, 2.75) is 0 Å². The van der Waals surface area contributed by atoms with Crippen LogP contribution in [0.5, 0.6) is 0 Å². The Morgan fingerprint density at radius 1 is 1.90 bits per heavy atom. The highest BCUT2D eigenvalue weighted by Crippen LogP contribution is 2.10. The van der Waals surface area contributed by atoms with E-state index in [0.29, 0.717) is 0 Å². The van der Waals surface area contributed by atoms with Crippen molar-refractivity contribution < 1.29 is 0 Å². The molecular formula is C7H12N2S. The van der Waals surface area contributed by atoms with Gasteiger partial charge in [0, 0.05) is 13.1 Å². The number of thioether (sulfide) groups is 1. The summed E-state index contributed by atoms with van der Waals surface area (Å²) in [5, 5.41) is 1.15. The summed E-state index contributed by atoms with van der Waals surface area (Å²) in [5.74, 6) is 0. The van der Waals surface area contributed by atoms with E-state index in [2.05, 4.69) is 22.7 Å². The van der Waals surface area contributed by atoms with Crippen molar-refractivity contribution in [3.8, 4) is 0 Å². The summed E-state index contributed by atoms with van der Waals surface area (Å²) in [7, 11) is 0. The molecule has 10 heavy (non-hydrogen) atoms. The van der Waals surface area contributed by atoms with Crippen molar-refractivity contribution in [1.82, 2.24) is 4.90 Å². The van der Waals surface area contributed by atoms with Crippen LogP contribution in [0, 0.1) is 0 Å². The Kier molecular flexibility index (Phi) is 2.81. The molecule has 0 aromatic carbocycles. The third kappa shape index (κ3) is 1.53. The van der Waals surface area contributed by atoms with E-state index in [9.17, 15) is 0 Å². The predicted molar refractivity (Wildman–Crippen MR) is 47.6 cm³/mol. The van der Waals surface area contributed by atoms with Crippen LogP contribution in [0.1, 0.15) is 0 Å². The van der Waals surface area contributed by atoms with Crippen LogP contribution in [0.25, 0.3) is 0 Å². The molecule has 0 N–H and O–H groups in total. The number of aliphatic imine (C=N–C) groups is 1. The molecule has 1 heterocycles. The van der Waals surface area contributed by atoms with Crippen molar-refractivity contribution in [2.75, 3.05) is 25.9 Å². The molecule has 1 aliphatic rings. The minimum Gasteiger partial charge on any atom is -0.346 e. The van der Waals surface area contributed by atoms with E-state index in [4.69, 9.17) is 0 Å². The van der Waals surface area contributed by atoms with Crippen LogP contribution in [0.2, 0.25) is 0 Å². The number of rotatable bonds is 2. The molecule has 0 atom stereocenters. The van der Waals surface area contributed by atoms with Crippen LogP contribution in [-0.4, -0.2) is 36.0 Å². The first kappa shape index (κ1) is 7.66. The predicted octanol–water partition coefficient (Wildman–Crippen LogP) is 1.21. The molecule has 0 saturated heterocycles. The van der Waals surface area contributed by atoms with Gasteiger partial charge in [-0.05, 0) is 6.26 Å². The molecule has 56 valence electrons. The van der Waals surface area contributed by atoms with Crippen LogP contribution in [-0.2, 0) is 0 Å². The lowest BCUT2D eigenvalue weighted by atomic mass is 10.5. The van der Waals surface area contributed by atoms with Gasteiger partial charge >= 0.3 is 0 Å². The summed E-state index contributed by atoms with van der Waals surface area (Å²) in [6, 6.07) is 0. The summed E-state index contributed by atoms with van der Waals surface area (Å²) in [6.45, 7) is 6.62. The van der Waals surface area contributed by atoms with Crippen LogP contribution in [0.4, 0.5) is 0 Å². The Morgan fingerprint density at radius 3 is 3.30 bits per heavy atom. The first-order valence-corrected chi connectivity index (χ1v) is 4.55. The van der Waals surface area contributed by atoms with Gasteiger partial charge in [-0.15, -0.1) is 6.58 Å². The molecule has 0 bridgehead atoms. The van der Waals surface area contributed by atoms with Crippen molar-refractivity contribution in [1.29, 1.82) is 0 Å². The number of hydrogen-bond acceptors (Lipinski definition) is 3. The second kappa shape index (κ2) is 3.66. The maximum atomic E-state index is 4.31. The van der Waals surface area contributed by atoms with Gasteiger partial charge in [0.1, 0.15) is 0 Å². The Hall–Kier alpha value is -0.440. The van der Waals surface area contributed by atoms with Gasteiger partial charge in [0.2, 0.25) is 0 Å². The van der Waals surface area contributed by atoms with Crippen molar-refractivity contribution in [2.24, 2.45) is 4.99 Å². The van der Waals surface area contributed by atoms with Crippen molar-refractivity contribution >= 4 is 16.9 Å². The second-order valence-corrected chi connectivity index (χ2v) is 2.88. The van der Waals surface area contributed by atoms with Crippen LogP contribution in [0.15, 0.2) is 17.6 Å². The van der Waals surface area contributed by atoms with Gasteiger partial charge in [-0.3, -0.25) is 4.99 Å². The zero-order valence-electron chi connectivity index (χ0n) is 6.21. The normalized spacial score (nSPS) is 17.3. The maximum absolute atomic E-state index is 4.31. The number of nitrogens with zero attached hydrogens (tertiary/aromatic N) is 2. The van der Waals surface area contributed by atoms with Gasteiger partial charge in [-0.2, -0.15) is 0 Å². The number of amidine groups is 1. The van der Waals surface area contributed by atoms with E-state index < -0.39 is 0 Å². The third-order valence-corrected chi connectivity index (χ3v) is 2.17. The molecule has 0 aromatic heterocycles. The fourth-order valence-corrected chi connectivity index (χ4v) is 1.63. The zero-order valence-corrected chi connectivity index (χ0v) is 7.02. The first-order valence-electron chi connectivity index (χ1n) is 3.32. The van der Waals surface area contributed by atoms with Gasteiger partial charge in [-0.1, -0.05) is 17.8 Å². The van der Waals surface area contributed by atoms with Crippen LogP contribution < -0.4 is 0 Å². The SMILES string of the molecule is C=CCN1CCN=C1SC. The standard InChI is InChI=1S/C7H12N2S/c1-3-5-9-6-4-8-7(9)10-2/h3H,1,4-6H2,2H3. The highest BCUT2D eigenvalue weighted by atomic mass is 32.2. The van der Waals surface area contributed by atoms with Gasteiger partial charge in [0.15, 0.2) is 5.17 Å². The Morgan fingerprint density at radius 2 is 2.70 bits per heavy atom. The topological polar surface area (TPSA) is 15.6 Å². The van der Waals surface area contributed by atoms with Gasteiger partial charge in [-0.25, -0.2) is 0 Å². The third-order valence-electron chi connectivity index (χ3n) is 1.42. The first-order chi connectivity index (χ1) is 4.88. The van der Waals surface area contributed by atoms with Gasteiger partial charge in [0.05, 0.1) is 6.54 Å². The van der Waals surface area contributed by atoms with E-state index in [1.807, 2.05) is 6.08 Å². The maximum Gasteiger partial charge on any atom is 0.159 e. The molecule has 0 saturated carbocycles. The van der Waals surface area contributed by atoms with E-state index in [1.54, 1.807) is 11.8 Å². The van der Waals surface area contributed by atoms with E-state index in [-0.39, 0.29) is 0 Å². The summed E-state index contributed by atoms with van der Waals surface area (Å²) in [5.41, 5.74) is 0. The van der Waals surface area contributed by atoms with E-state index in [1.165, 1.54) is 0 Å². The zero-order chi connectivity index (χ0) is 7.40. The van der Waals surface area contributed by atoms with Crippen LogP contribution in [0.3, 0.4) is 0 Å². The fourth-order valence-electron chi connectivity index (χ4n) is 0.981. The lowest BCUT2D eigenvalue weighted by molar-refractivity contribution is 0.515. The molecule has 1 rings (SSSR count). The molecule has 1 aliphatic heterocycles. The number of hydrogen-bond donors (Lipinski definition) is 0. The monoisotopic (exact) mass is 156 g/mol. The van der Waals surface area contributed by atoms with Crippen LogP contribution >= 0.6 is 11.8 Å². The molecule has 2 nitrogen and oxygen atoms in total. The van der Waals surface area contributed by atoms with E-state index >= 15 is 0 Å². The summed E-state index contributed by atoms with van der Waals surface area (Å²) < 4.78 is 0. The smallest absolute Gasteiger partial charge is 0.159 e. The van der Waals surface area contributed by atoms with Gasteiger partial charge in [0.25, 0.3) is 0 Å². The molecule has 0 aromatic rings. The highest BCUT2D eigenvalue weighted by Gasteiger charge is 2.12. The molecular weight excluding hydrogens is 144 g/mol. The lowest BCUT2D eigenvalue weighted by Crippen LogP contribution is -2.25. The summed E-state index contributed by atoms with van der Waals surface area (Å²) in [6.07, 6.45) is 3.97. The second-order valence-electron chi connectivity index (χ2n) is 2.10. The average molecular weight is 156 g/mol. The summed E-state index contributed by atoms with van der Waals surface area (Å²) >= 11 is 1.71. The Bertz CT molecular complexity index is 154. The molecule has 3 heteroatoms. The molecule has 0 unspecified atom stereocenters. The average Bonchev–Trinajstić information content (AvgIpc) is 2.36. The molecule has 0 aliphatic carbocycles. The molecule has 0 fully saturated rings. The quantitative estimate of drug-likeness (QED) is 0.558. The van der Waals surface area contributed by atoms with Crippen molar-refractivity contribution in [3.05, 3.63) is 12.7 Å². The van der Waals surface area contributed by atoms with Crippen molar-refractivity contribution in [3.63, 3.8) is 0 Å². The molecule has 0 spiro atoms. The fraction of sp³-hybridized carbons (Fsp3) is 0.571. The molecule has 0 amide bonds. The minimum absolute atomic E-state index is 0.930.